The number of carbonyl (C=O) groups is 1. The number of carboxylic acids is 1. The van der Waals surface area contributed by atoms with E-state index in [9.17, 15) is 9.90 Å². The van der Waals surface area contributed by atoms with Crippen LogP contribution in [0.1, 0.15) is 27.2 Å². The molecule has 3 rings (SSSR count). The molecule has 4 heteroatoms. The van der Waals surface area contributed by atoms with E-state index in [0.717, 1.165) is 27.9 Å². The van der Waals surface area contributed by atoms with Gasteiger partial charge in [0.2, 0.25) is 0 Å². The molecule has 0 spiro atoms. The Hall–Kier alpha value is -2.36. The second-order valence-corrected chi connectivity index (χ2v) is 4.78. The molecule has 1 aromatic carbocycles. The fourth-order valence-corrected chi connectivity index (χ4v) is 2.58. The van der Waals surface area contributed by atoms with Gasteiger partial charge in [0.05, 0.1) is 11.0 Å². The smallest absolute Gasteiger partial charge is 0.339 e. The Morgan fingerprint density at radius 3 is 2.53 bits per heavy atom. The minimum absolute atomic E-state index is 0.291. The zero-order chi connectivity index (χ0) is 13.7. The number of imidazole rings is 1. The summed E-state index contributed by atoms with van der Waals surface area (Å²) in [5, 5.41) is 9.45. The van der Waals surface area contributed by atoms with Crippen molar-refractivity contribution in [2.45, 2.75) is 20.8 Å². The quantitative estimate of drug-likeness (QED) is 0.726. The predicted octanol–water partition coefficient (Wildman–Crippen LogP) is 3.11. The van der Waals surface area contributed by atoms with Gasteiger partial charge in [-0.05, 0) is 44.0 Å². The Morgan fingerprint density at radius 1 is 1.16 bits per heavy atom. The molecule has 0 aliphatic rings. The van der Waals surface area contributed by atoms with Crippen molar-refractivity contribution in [2.24, 2.45) is 0 Å². The van der Waals surface area contributed by atoms with E-state index in [2.05, 4.69) is 4.98 Å². The number of aromatic carboxylic acids is 1. The summed E-state index contributed by atoms with van der Waals surface area (Å²) in [4.78, 5) is 16.0. The molecule has 0 fully saturated rings. The lowest BCUT2D eigenvalue weighted by Gasteiger charge is -2.12. The number of hydrogen-bond acceptors (Lipinski definition) is 2. The fraction of sp³-hybridized carbons (Fsp3) is 0.200. The maximum Gasteiger partial charge on any atom is 0.339 e. The molecule has 1 N–H and O–H groups in total. The summed E-state index contributed by atoms with van der Waals surface area (Å²) in [6.07, 6.45) is 0. The standard InChI is InChI=1S/C15H14N2O2/c1-8-9(2)13(15(18)19)14-16-11-6-4-5-7-12(11)17(14)10(8)3/h4-7H,1-3H3,(H,18,19). The third-order valence-electron chi connectivity index (χ3n) is 3.81. The van der Waals surface area contributed by atoms with Gasteiger partial charge in [-0.1, -0.05) is 12.1 Å². The lowest BCUT2D eigenvalue weighted by molar-refractivity contribution is 0.0697. The van der Waals surface area contributed by atoms with Gasteiger partial charge in [0.25, 0.3) is 0 Å². The van der Waals surface area contributed by atoms with E-state index in [0.29, 0.717) is 11.2 Å². The van der Waals surface area contributed by atoms with Gasteiger partial charge >= 0.3 is 5.97 Å². The van der Waals surface area contributed by atoms with Crippen LogP contribution in [0.3, 0.4) is 0 Å². The third-order valence-corrected chi connectivity index (χ3v) is 3.81. The SMILES string of the molecule is Cc1c(C)c(C)n2c(nc3ccccc32)c1C(=O)O. The van der Waals surface area contributed by atoms with Crippen LogP contribution in [0.2, 0.25) is 0 Å². The number of nitrogens with zero attached hydrogens (tertiary/aromatic N) is 2. The lowest BCUT2D eigenvalue weighted by atomic mass is 10.0. The number of carboxylic acid groups (broad SMARTS) is 1. The zero-order valence-corrected chi connectivity index (χ0v) is 11.1. The number of benzene rings is 1. The van der Waals surface area contributed by atoms with E-state index in [4.69, 9.17) is 0 Å². The fourth-order valence-electron chi connectivity index (χ4n) is 2.58. The van der Waals surface area contributed by atoms with Crippen LogP contribution in [0.15, 0.2) is 24.3 Å². The maximum atomic E-state index is 11.5. The highest BCUT2D eigenvalue weighted by Crippen LogP contribution is 2.26. The van der Waals surface area contributed by atoms with Gasteiger partial charge in [-0.2, -0.15) is 0 Å². The number of para-hydroxylation sites is 2. The Labute approximate surface area is 110 Å². The Kier molecular flexibility index (Phi) is 2.35. The van der Waals surface area contributed by atoms with E-state index in [1.807, 2.05) is 49.4 Å². The lowest BCUT2D eigenvalue weighted by Crippen LogP contribution is -2.08. The zero-order valence-electron chi connectivity index (χ0n) is 11.1. The minimum atomic E-state index is -0.930. The van der Waals surface area contributed by atoms with Crippen LogP contribution in [-0.4, -0.2) is 20.5 Å². The Morgan fingerprint density at radius 2 is 1.84 bits per heavy atom. The van der Waals surface area contributed by atoms with Gasteiger partial charge in [-0.3, -0.25) is 4.40 Å². The van der Waals surface area contributed by atoms with Crippen molar-refractivity contribution in [2.75, 3.05) is 0 Å². The monoisotopic (exact) mass is 254 g/mol. The van der Waals surface area contributed by atoms with Crippen LogP contribution >= 0.6 is 0 Å². The molecule has 3 aromatic rings. The van der Waals surface area contributed by atoms with Crippen molar-refractivity contribution >= 4 is 22.6 Å². The molecule has 0 atom stereocenters. The van der Waals surface area contributed by atoms with Gasteiger partial charge < -0.3 is 5.11 Å². The van der Waals surface area contributed by atoms with E-state index in [1.54, 1.807) is 0 Å². The van der Waals surface area contributed by atoms with Crippen molar-refractivity contribution in [3.63, 3.8) is 0 Å². The summed E-state index contributed by atoms with van der Waals surface area (Å²) in [5.74, 6) is -0.930. The molecule has 0 unspecified atom stereocenters. The topological polar surface area (TPSA) is 54.6 Å². The molecule has 0 aliphatic heterocycles. The number of aryl methyl sites for hydroxylation is 1. The van der Waals surface area contributed by atoms with Crippen molar-refractivity contribution < 1.29 is 9.90 Å². The summed E-state index contributed by atoms with van der Waals surface area (Å²) in [7, 11) is 0. The first-order valence-corrected chi connectivity index (χ1v) is 6.12. The molecule has 0 saturated carbocycles. The van der Waals surface area contributed by atoms with E-state index < -0.39 is 5.97 Å². The predicted molar refractivity (Wildman–Crippen MR) is 73.9 cm³/mol. The van der Waals surface area contributed by atoms with Crippen LogP contribution in [-0.2, 0) is 0 Å². The molecule has 0 amide bonds. The molecule has 2 aromatic heterocycles. The number of fused-ring (bicyclic) bond motifs is 3. The summed E-state index contributed by atoms with van der Waals surface area (Å²) >= 11 is 0. The highest BCUT2D eigenvalue weighted by molar-refractivity contribution is 5.99. The molecular weight excluding hydrogens is 240 g/mol. The van der Waals surface area contributed by atoms with Gasteiger partial charge in [0.15, 0.2) is 5.65 Å². The van der Waals surface area contributed by atoms with Crippen molar-refractivity contribution in [1.82, 2.24) is 9.38 Å². The molecule has 19 heavy (non-hydrogen) atoms. The van der Waals surface area contributed by atoms with Gasteiger partial charge in [0.1, 0.15) is 5.56 Å². The highest BCUT2D eigenvalue weighted by atomic mass is 16.4. The third kappa shape index (κ3) is 1.46. The van der Waals surface area contributed by atoms with Gasteiger partial charge in [-0.15, -0.1) is 0 Å². The normalized spacial score (nSPS) is 11.3. The molecule has 96 valence electrons. The maximum absolute atomic E-state index is 11.5. The van der Waals surface area contributed by atoms with Crippen LogP contribution < -0.4 is 0 Å². The molecule has 0 saturated heterocycles. The van der Waals surface area contributed by atoms with E-state index in [-0.39, 0.29) is 0 Å². The Balaban J connectivity index is 2.66. The summed E-state index contributed by atoms with van der Waals surface area (Å²) in [6, 6.07) is 7.70. The van der Waals surface area contributed by atoms with Crippen LogP contribution in [0, 0.1) is 20.8 Å². The molecule has 0 aliphatic carbocycles. The number of rotatable bonds is 1. The van der Waals surface area contributed by atoms with Crippen molar-refractivity contribution in [1.29, 1.82) is 0 Å². The Bertz CT molecular complexity index is 831. The largest absolute Gasteiger partial charge is 0.478 e. The summed E-state index contributed by atoms with van der Waals surface area (Å²) in [6.45, 7) is 5.78. The van der Waals surface area contributed by atoms with E-state index in [1.165, 1.54) is 0 Å². The van der Waals surface area contributed by atoms with Crippen LogP contribution in [0.5, 0.6) is 0 Å². The van der Waals surface area contributed by atoms with Gasteiger partial charge in [0, 0.05) is 5.69 Å². The molecule has 2 heterocycles. The first-order chi connectivity index (χ1) is 9.02. The number of aromatic nitrogens is 2. The average Bonchev–Trinajstić information content (AvgIpc) is 2.74. The van der Waals surface area contributed by atoms with Crippen molar-refractivity contribution in [3.05, 3.63) is 46.6 Å². The minimum Gasteiger partial charge on any atom is -0.478 e. The number of pyridine rings is 1. The second kappa shape index (κ2) is 3.82. The number of hydrogen-bond donors (Lipinski definition) is 1. The van der Waals surface area contributed by atoms with Crippen LogP contribution in [0.4, 0.5) is 0 Å². The van der Waals surface area contributed by atoms with Crippen LogP contribution in [0.25, 0.3) is 16.7 Å². The summed E-state index contributed by atoms with van der Waals surface area (Å²) < 4.78 is 1.93. The van der Waals surface area contributed by atoms with Gasteiger partial charge in [-0.25, -0.2) is 9.78 Å². The first-order valence-electron chi connectivity index (χ1n) is 6.12. The molecule has 4 nitrogen and oxygen atoms in total. The molecule has 0 radical (unpaired) electrons. The second-order valence-electron chi connectivity index (χ2n) is 4.78. The average molecular weight is 254 g/mol. The first kappa shape index (κ1) is 11.7. The molecular formula is C15H14N2O2. The highest BCUT2D eigenvalue weighted by Gasteiger charge is 2.20. The molecule has 0 bridgehead atoms. The van der Waals surface area contributed by atoms with Crippen molar-refractivity contribution in [3.8, 4) is 0 Å². The van der Waals surface area contributed by atoms with E-state index >= 15 is 0 Å². The summed E-state index contributed by atoms with van der Waals surface area (Å²) in [5.41, 5.74) is 5.39.